The van der Waals surface area contributed by atoms with Gasteiger partial charge in [0.1, 0.15) is 11.5 Å². The molecular weight excluding hydrogens is 346 g/mol. The summed E-state index contributed by atoms with van der Waals surface area (Å²) in [6, 6.07) is 5.28. The number of anilines is 1. The van der Waals surface area contributed by atoms with Gasteiger partial charge in [-0.25, -0.2) is 0 Å². The maximum atomic E-state index is 12.3. The smallest absolute Gasteiger partial charge is 0.227 e. The number of carbonyl (C=O) groups excluding carboxylic acids is 2. The van der Waals surface area contributed by atoms with Crippen LogP contribution in [0.2, 0.25) is 0 Å². The zero-order valence-corrected chi connectivity index (χ0v) is 15.6. The monoisotopic (exact) mass is 371 g/mol. The van der Waals surface area contributed by atoms with Gasteiger partial charge in [-0.3, -0.25) is 9.59 Å². The Hall–Kier alpha value is -1.99. The Morgan fingerprint density at radius 2 is 2.04 bits per heavy atom. The van der Waals surface area contributed by atoms with Crippen molar-refractivity contribution in [1.82, 2.24) is 10.6 Å². The molecule has 0 saturated carbocycles. The molecule has 1 unspecified atom stereocenters. The van der Waals surface area contributed by atoms with Crippen molar-refractivity contribution in [2.75, 3.05) is 45.8 Å². The summed E-state index contributed by atoms with van der Waals surface area (Å²) in [7, 11) is 4.99. The average Bonchev–Trinajstić information content (AvgIpc) is 2.99. The molecule has 140 valence electrons. The van der Waals surface area contributed by atoms with Crippen molar-refractivity contribution in [2.45, 2.75) is 12.8 Å². The van der Waals surface area contributed by atoms with Gasteiger partial charge in [0.05, 0.1) is 25.8 Å². The fourth-order valence-corrected chi connectivity index (χ4v) is 2.75. The first-order chi connectivity index (χ1) is 11.6. The van der Waals surface area contributed by atoms with E-state index in [1.54, 1.807) is 37.3 Å². The largest absolute Gasteiger partial charge is 0.497 e. The molecule has 1 aromatic carbocycles. The van der Waals surface area contributed by atoms with E-state index < -0.39 is 0 Å². The summed E-state index contributed by atoms with van der Waals surface area (Å²) < 4.78 is 10.5. The van der Waals surface area contributed by atoms with Crippen LogP contribution in [0.3, 0.4) is 0 Å². The van der Waals surface area contributed by atoms with Crippen LogP contribution in [0, 0.1) is 5.92 Å². The normalized spacial score (nSPS) is 16.4. The lowest BCUT2D eigenvalue weighted by molar-refractivity contribution is -0.126. The highest BCUT2D eigenvalue weighted by atomic mass is 35.5. The van der Waals surface area contributed by atoms with Crippen LogP contribution < -0.4 is 25.0 Å². The van der Waals surface area contributed by atoms with E-state index in [0.717, 1.165) is 13.0 Å². The second kappa shape index (κ2) is 10.1. The van der Waals surface area contributed by atoms with Gasteiger partial charge in [-0.1, -0.05) is 0 Å². The summed E-state index contributed by atoms with van der Waals surface area (Å²) in [6.07, 6.45) is 1.08. The molecule has 8 heteroatoms. The van der Waals surface area contributed by atoms with E-state index in [4.69, 9.17) is 9.47 Å². The third-order valence-electron chi connectivity index (χ3n) is 4.08. The summed E-state index contributed by atoms with van der Waals surface area (Å²) >= 11 is 0. The molecule has 0 bridgehead atoms. The molecule has 25 heavy (non-hydrogen) atoms. The first kappa shape index (κ1) is 21.1. The van der Waals surface area contributed by atoms with Gasteiger partial charge in [0.25, 0.3) is 0 Å². The summed E-state index contributed by atoms with van der Waals surface area (Å²) in [4.78, 5) is 26.2. The maximum Gasteiger partial charge on any atom is 0.227 e. The number of halogens is 1. The molecule has 1 aliphatic rings. The van der Waals surface area contributed by atoms with Crippen molar-refractivity contribution in [3.63, 3.8) is 0 Å². The lowest BCUT2D eigenvalue weighted by Gasteiger charge is -2.20. The molecule has 1 aromatic rings. The summed E-state index contributed by atoms with van der Waals surface area (Å²) in [5.74, 6) is 0.723. The second-order valence-electron chi connectivity index (χ2n) is 5.69. The number of amides is 2. The van der Waals surface area contributed by atoms with Gasteiger partial charge in [-0.05, 0) is 32.1 Å². The van der Waals surface area contributed by atoms with E-state index in [1.165, 1.54) is 0 Å². The van der Waals surface area contributed by atoms with Gasteiger partial charge >= 0.3 is 0 Å². The average molecular weight is 372 g/mol. The quantitative estimate of drug-likeness (QED) is 0.671. The Bertz CT molecular complexity index is 597. The Morgan fingerprint density at radius 1 is 1.28 bits per heavy atom. The number of methoxy groups -OCH3 is 2. The second-order valence-corrected chi connectivity index (χ2v) is 5.69. The number of carbonyl (C=O) groups is 2. The standard InChI is InChI=1S/C17H25N3O4.ClH/c1-18-7-4-8-19-17(22)12-9-16(21)20(11-12)14-6-5-13(23-2)10-15(14)24-3;/h5-6,10,12,18H,4,7-9,11H2,1-3H3,(H,19,22);1H. The van der Waals surface area contributed by atoms with Crippen molar-refractivity contribution >= 4 is 29.9 Å². The van der Waals surface area contributed by atoms with Crippen LogP contribution >= 0.6 is 12.4 Å². The van der Waals surface area contributed by atoms with Crippen LogP contribution in [-0.2, 0) is 9.59 Å². The van der Waals surface area contributed by atoms with E-state index in [2.05, 4.69) is 10.6 Å². The SMILES string of the molecule is CNCCCNC(=O)C1CC(=O)N(c2ccc(OC)cc2OC)C1.Cl. The van der Waals surface area contributed by atoms with E-state index >= 15 is 0 Å². The van der Waals surface area contributed by atoms with E-state index in [0.29, 0.717) is 30.3 Å². The highest BCUT2D eigenvalue weighted by Gasteiger charge is 2.36. The molecular formula is C17H26ClN3O4. The Kier molecular flexibility index (Phi) is 8.51. The number of nitrogens with one attached hydrogen (secondary N) is 2. The summed E-state index contributed by atoms with van der Waals surface area (Å²) in [5, 5.41) is 5.92. The van der Waals surface area contributed by atoms with Crippen molar-refractivity contribution < 1.29 is 19.1 Å². The fourth-order valence-electron chi connectivity index (χ4n) is 2.75. The minimum atomic E-state index is -0.334. The predicted molar refractivity (Wildman–Crippen MR) is 98.8 cm³/mol. The summed E-state index contributed by atoms with van der Waals surface area (Å²) in [5.41, 5.74) is 0.661. The number of rotatable bonds is 8. The molecule has 1 fully saturated rings. The Labute approximate surface area is 154 Å². The molecule has 1 heterocycles. The Balaban J connectivity index is 0.00000312. The molecule has 0 aromatic heterocycles. The number of hydrogen-bond donors (Lipinski definition) is 2. The van der Waals surface area contributed by atoms with Crippen molar-refractivity contribution in [3.05, 3.63) is 18.2 Å². The third-order valence-corrected chi connectivity index (χ3v) is 4.08. The lowest BCUT2D eigenvalue weighted by atomic mass is 10.1. The number of nitrogens with zero attached hydrogens (tertiary/aromatic N) is 1. The predicted octanol–water partition coefficient (Wildman–Crippen LogP) is 1.20. The van der Waals surface area contributed by atoms with Crippen LogP contribution in [0.25, 0.3) is 0 Å². The van der Waals surface area contributed by atoms with Crippen LogP contribution in [0.1, 0.15) is 12.8 Å². The fraction of sp³-hybridized carbons (Fsp3) is 0.529. The number of ether oxygens (including phenoxy) is 2. The summed E-state index contributed by atoms with van der Waals surface area (Å²) in [6.45, 7) is 1.81. The zero-order valence-electron chi connectivity index (χ0n) is 14.8. The van der Waals surface area contributed by atoms with Crippen LogP contribution in [0.4, 0.5) is 5.69 Å². The third kappa shape index (κ3) is 5.24. The lowest BCUT2D eigenvalue weighted by Crippen LogP contribution is -2.34. The minimum Gasteiger partial charge on any atom is -0.497 e. The van der Waals surface area contributed by atoms with E-state index in [-0.39, 0.29) is 36.6 Å². The van der Waals surface area contributed by atoms with Gasteiger partial charge in [0, 0.05) is 25.6 Å². The van der Waals surface area contributed by atoms with Crippen molar-refractivity contribution in [3.8, 4) is 11.5 Å². The highest BCUT2D eigenvalue weighted by Crippen LogP contribution is 2.35. The van der Waals surface area contributed by atoms with Crippen LogP contribution in [0.15, 0.2) is 18.2 Å². The molecule has 7 nitrogen and oxygen atoms in total. The molecule has 0 radical (unpaired) electrons. The first-order valence-corrected chi connectivity index (χ1v) is 8.05. The Morgan fingerprint density at radius 3 is 2.68 bits per heavy atom. The van der Waals surface area contributed by atoms with Crippen LogP contribution in [-0.4, -0.2) is 52.7 Å². The zero-order chi connectivity index (χ0) is 17.5. The molecule has 0 aliphatic carbocycles. The molecule has 2 rings (SSSR count). The molecule has 1 saturated heterocycles. The molecule has 1 atom stereocenters. The van der Waals surface area contributed by atoms with Crippen LogP contribution in [0.5, 0.6) is 11.5 Å². The van der Waals surface area contributed by atoms with Gasteiger partial charge in [0.2, 0.25) is 11.8 Å². The van der Waals surface area contributed by atoms with E-state index in [1.807, 2.05) is 7.05 Å². The molecule has 1 aliphatic heterocycles. The maximum absolute atomic E-state index is 12.3. The number of benzene rings is 1. The van der Waals surface area contributed by atoms with Gasteiger partial charge < -0.3 is 25.0 Å². The van der Waals surface area contributed by atoms with E-state index in [9.17, 15) is 9.59 Å². The topological polar surface area (TPSA) is 79.9 Å². The minimum absolute atomic E-state index is 0. The van der Waals surface area contributed by atoms with Gasteiger partial charge in [0.15, 0.2) is 0 Å². The molecule has 2 amide bonds. The number of hydrogen-bond acceptors (Lipinski definition) is 5. The highest BCUT2D eigenvalue weighted by molar-refractivity contribution is 6.01. The molecule has 0 spiro atoms. The van der Waals surface area contributed by atoms with Gasteiger partial charge in [-0.15, -0.1) is 12.4 Å². The van der Waals surface area contributed by atoms with Crippen molar-refractivity contribution in [2.24, 2.45) is 5.92 Å². The van der Waals surface area contributed by atoms with Gasteiger partial charge in [-0.2, -0.15) is 0 Å². The first-order valence-electron chi connectivity index (χ1n) is 8.05. The van der Waals surface area contributed by atoms with Crippen molar-refractivity contribution in [1.29, 1.82) is 0 Å². The molecule has 2 N–H and O–H groups in total.